The zero-order chi connectivity index (χ0) is 14.3. The minimum absolute atomic E-state index is 0.0539. The molecule has 0 bridgehead atoms. The maximum Gasteiger partial charge on any atom is 0.244 e. The summed E-state index contributed by atoms with van der Waals surface area (Å²) in [6, 6.07) is 6.33. The Morgan fingerprint density at radius 3 is 2.50 bits per heavy atom. The largest absolute Gasteiger partial charge is 0.244 e. The molecule has 3 rings (SSSR count). The van der Waals surface area contributed by atoms with Crippen molar-refractivity contribution < 1.29 is 8.42 Å². The van der Waals surface area contributed by atoms with E-state index in [2.05, 4.69) is 0 Å². The highest BCUT2D eigenvalue weighted by Crippen LogP contribution is 2.40. The maximum atomic E-state index is 12.7. The number of hydrogen-bond donors (Lipinski definition) is 0. The van der Waals surface area contributed by atoms with Gasteiger partial charge >= 0.3 is 0 Å². The number of fused-ring (bicyclic) bond motifs is 1. The van der Waals surface area contributed by atoms with E-state index in [1.165, 1.54) is 28.9 Å². The van der Waals surface area contributed by atoms with Crippen LogP contribution in [0, 0.1) is 23.2 Å². The number of rotatable bonds is 2. The Labute approximate surface area is 124 Å². The van der Waals surface area contributed by atoms with E-state index in [1.54, 1.807) is 0 Å². The first kappa shape index (κ1) is 13.9. The Morgan fingerprint density at radius 2 is 1.90 bits per heavy atom. The zero-order valence-electron chi connectivity index (χ0n) is 10.9. The Bertz CT molecular complexity index is 669. The van der Waals surface area contributed by atoms with Crippen LogP contribution in [0.1, 0.15) is 24.8 Å². The van der Waals surface area contributed by atoms with E-state index in [1.807, 2.05) is 6.07 Å². The molecule has 1 aromatic rings. The van der Waals surface area contributed by atoms with Gasteiger partial charge in [0.05, 0.1) is 16.7 Å². The molecule has 4 nitrogen and oxygen atoms in total. The number of nitrogens with zero attached hydrogens (tertiary/aromatic N) is 2. The molecule has 20 heavy (non-hydrogen) atoms. The second-order valence-corrected chi connectivity index (χ2v) is 7.84. The van der Waals surface area contributed by atoms with Gasteiger partial charge in [0.15, 0.2) is 0 Å². The second-order valence-electron chi connectivity index (χ2n) is 5.53. The molecule has 1 heterocycles. The molecule has 1 aliphatic heterocycles. The molecule has 0 aromatic heterocycles. The molecule has 1 saturated heterocycles. The van der Waals surface area contributed by atoms with Crippen molar-refractivity contribution in [1.82, 2.24) is 4.31 Å². The van der Waals surface area contributed by atoms with Crippen molar-refractivity contribution in [2.75, 3.05) is 13.1 Å². The summed E-state index contributed by atoms with van der Waals surface area (Å²) >= 11 is 6.02. The Hall–Kier alpha value is -1.09. The topological polar surface area (TPSA) is 61.2 Å². The number of nitriles is 1. The quantitative estimate of drug-likeness (QED) is 0.843. The molecule has 1 aromatic carbocycles. The average molecular weight is 311 g/mol. The van der Waals surface area contributed by atoms with Crippen molar-refractivity contribution in [2.45, 2.75) is 24.2 Å². The van der Waals surface area contributed by atoms with Crippen LogP contribution in [-0.4, -0.2) is 25.8 Å². The second kappa shape index (κ2) is 5.03. The predicted octanol–water partition coefficient (Wildman–Crippen LogP) is 2.63. The molecule has 0 radical (unpaired) electrons. The highest BCUT2D eigenvalue weighted by atomic mass is 35.5. The predicted molar refractivity (Wildman–Crippen MR) is 75.8 cm³/mol. The normalized spacial score (nSPS) is 26.4. The van der Waals surface area contributed by atoms with E-state index in [4.69, 9.17) is 16.9 Å². The van der Waals surface area contributed by atoms with E-state index in [0.717, 1.165) is 12.8 Å². The van der Waals surface area contributed by atoms with E-state index in [-0.39, 0.29) is 9.92 Å². The van der Waals surface area contributed by atoms with Crippen molar-refractivity contribution in [3.63, 3.8) is 0 Å². The van der Waals surface area contributed by atoms with Crippen molar-refractivity contribution in [3.8, 4) is 6.07 Å². The summed E-state index contributed by atoms with van der Waals surface area (Å²) in [5, 5.41) is 9.10. The van der Waals surface area contributed by atoms with Gasteiger partial charge < -0.3 is 0 Å². The van der Waals surface area contributed by atoms with Crippen molar-refractivity contribution in [2.24, 2.45) is 11.8 Å². The fourth-order valence-corrected chi connectivity index (χ4v) is 5.35. The third-order valence-corrected chi connectivity index (χ3v) is 6.68. The molecule has 2 aliphatic rings. The van der Waals surface area contributed by atoms with E-state index in [0.29, 0.717) is 30.5 Å². The summed E-state index contributed by atoms with van der Waals surface area (Å²) in [4.78, 5) is 0.0539. The Kier molecular flexibility index (Phi) is 3.49. The number of benzene rings is 1. The van der Waals surface area contributed by atoms with E-state index >= 15 is 0 Å². The molecule has 2 atom stereocenters. The van der Waals surface area contributed by atoms with Gasteiger partial charge in [-0.25, -0.2) is 8.42 Å². The van der Waals surface area contributed by atoms with E-state index < -0.39 is 10.0 Å². The highest BCUT2D eigenvalue weighted by Gasteiger charge is 2.41. The highest BCUT2D eigenvalue weighted by molar-refractivity contribution is 7.89. The summed E-state index contributed by atoms with van der Waals surface area (Å²) in [6.45, 7) is 1.17. The average Bonchev–Trinajstić information content (AvgIpc) is 3.00. The first-order valence-corrected chi connectivity index (χ1v) is 8.54. The van der Waals surface area contributed by atoms with Gasteiger partial charge in [-0.05, 0) is 42.9 Å². The van der Waals surface area contributed by atoms with Crippen molar-refractivity contribution in [3.05, 3.63) is 28.8 Å². The SMILES string of the molecule is N#Cc1ccc(Cl)c(S(=O)(=O)N2CC3CCCC3C2)c1. The molecule has 1 saturated carbocycles. The van der Waals surface area contributed by atoms with Crippen molar-refractivity contribution in [1.29, 1.82) is 5.26 Å². The fourth-order valence-electron chi connectivity index (χ4n) is 3.30. The molecule has 6 heteroatoms. The smallest absolute Gasteiger partial charge is 0.207 e. The molecule has 2 unspecified atom stereocenters. The third-order valence-electron chi connectivity index (χ3n) is 4.37. The van der Waals surface area contributed by atoms with E-state index in [9.17, 15) is 8.42 Å². The third kappa shape index (κ3) is 2.22. The monoisotopic (exact) mass is 310 g/mol. The molecule has 0 N–H and O–H groups in total. The first-order chi connectivity index (χ1) is 9.52. The standard InChI is InChI=1S/C14H15ClN2O2S/c15-13-5-4-10(7-16)6-14(13)20(18,19)17-8-11-2-1-3-12(11)9-17/h4-6,11-12H,1-3,8-9H2. The summed E-state index contributed by atoms with van der Waals surface area (Å²) in [7, 11) is -3.59. The van der Waals surface area contributed by atoms with Gasteiger partial charge in [-0.2, -0.15) is 9.57 Å². The Balaban J connectivity index is 1.95. The van der Waals surface area contributed by atoms with Gasteiger partial charge in [0, 0.05) is 13.1 Å². The van der Waals surface area contributed by atoms with Crippen LogP contribution in [0.2, 0.25) is 5.02 Å². The number of sulfonamides is 1. The van der Waals surface area contributed by atoms with Crippen LogP contribution in [0.15, 0.2) is 23.1 Å². The van der Waals surface area contributed by atoms with Crippen LogP contribution in [0.4, 0.5) is 0 Å². The van der Waals surface area contributed by atoms with Gasteiger partial charge in [0.1, 0.15) is 4.90 Å². The minimum Gasteiger partial charge on any atom is -0.207 e. The molecular formula is C14H15ClN2O2S. The van der Waals surface area contributed by atoms with Gasteiger partial charge in [0.2, 0.25) is 10.0 Å². The van der Waals surface area contributed by atoms with Crippen LogP contribution in [0.25, 0.3) is 0 Å². The lowest BCUT2D eigenvalue weighted by Gasteiger charge is -2.18. The summed E-state index contributed by atoms with van der Waals surface area (Å²) in [6.07, 6.45) is 3.43. The van der Waals surface area contributed by atoms with Gasteiger partial charge in [0.25, 0.3) is 0 Å². The van der Waals surface area contributed by atoms with Gasteiger partial charge in [-0.15, -0.1) is 0 Å². The van der Waals surface area contributed by atoms with Crippen molar-refractivity contribution >= 4 is 21.6 Å². The first-order valence-electron chi connectivity index (χ1n) is 6.72. The maximum absolute atomic E-state index is 12.7. The zero-order valence-corrected chi connectivity index (χ0v) is 12.5. The molecule has 0 spiro atoms. The van der Waals surface area contributed by atoms with Crippen LogP contribution >= 0.6 is 11.6 Å². The number of halogens is 1. The van der Waals surface area contributed by atoms with Crippen LogP contribution in [0.3, 0.4) is 0 Å². The van der Waals surface area contributed by atoms with Crippen LogP contribution in [-0.2, 0) is 10.0 Å². The molecule has 1 aliphatic carbocycles. The minimum atomic E-state index is -3.59. The van der Waals surface area contributed by atoms with Gasteiger partial charge in [-0.3, -0.25) is 0 Å². The summed E-state index contributed by atoms with van der Waals surface area (Å²) < 4.78 is 26.9. The fraction of sp³-hybridized carbons (Fsp3) is 0.500. The summed E-state index contributed by atoms with van der Waals surface area (Å²) in [5.74, 6) is 0.977. The van der Waals surface area contributed by atoms with Gasteiger partial charge in [-0.1, -0.05) is 18.0 Å². The lowest BCUT2D eigenvalue weighted by atomic mass is 10.0. The van der Waals surface area contributed by atoms with Crippen LogP contribution in [0.5, 0.6) is 0 Å². The lowest BCUT2D eigenvalue weighted by molar-refractivity contribution is 0.445. The summed E-state index contributed by atoms with van der Waals surface area (Å²) in [5.41, 5.74) is 0.312. The van der Waals surface area contributed by atoms with Crippen LogP contribution < -0.4 is 0 Å². The number of hydrogen-bond acceptors (Lipinski definition) is 3. The molecule has 0 amide bonds. The Morgan fingerprint density at radius 1 is 1.25 bits per heavy atom. The lowest BCUT2D eigenvalue weighted by Crippen LogP contribution is -2.30. The molecular weight excluding hydrogens is 296 g/mol. The molecule has 106 valence electrons. The molecule has 2 fully saturated rings.